The molecule has 3 rings (SSSR count). The molecular weight excluding hydrogens is 318 g/mol. The van der Waals surface area contributed by atoms with E-state index in [1.165, 1.54) is 0 Å². The van der Waals surface area contributed by atoms with E-state index >= 15 is 0 Å². The number of para-hydroxylation sites is 1. The summed E-state index contributed by atoms with van der Waals surface area (Å²) in [6.07, 6.45) is 0.404. The lowest BCUT2D eigenvalue weighted by Gasteiger charge is -2.19. The number of hydrogen-bond donors (Lipinski definition) is 1. The summed E-state index contributed by atoms with van der Waals surface area (Å²) in [7, 11) is 0. The Morgan fingerprint density at radius 2 is 1.57 bits per heavy atom. The lowest BCUT2D eigenvalue weighted by molar-refractivity contribution is -0.139. The molecule has 0 saturated carbocycles. The Labute approximate surface area is 137 Å². The quantitative estimate of drug-likeness (QED) is 0.817. The fourth-order valence-corrected chi connectivity index (χ4v) is 3.43. The Hall–Kier alpha value is -2.35. The number of hydrogen-bond acceptors (Lipinski definition) is 6. The molecule has 0 spiro atoms. The first-order valence-electron chi connectivity index (χ1n) is 7.23. The summed E-state index contributed by atoms with van der Waals surface area (Å²) in [6, 6.07) is 9.13. The molecule has 1 aromatic carbocycles. The van der Waals surface area contributed by atoms with Crippen LogP contribution in [-0.2, 0) is 14.4 Å². The van der Waals surface area contributed by atoms with Crippen molar-refractivity contribution in [2.75, 3.05) is 18.4 Å². The summed E-state index contributed by atoms with van der Waals surface area (Å²) in [4.78, 5) is 49.6. The zero-order chi connectivity index (χ0) is 16.4. The van der Waals surface area contributed by atoms with Crippen LogP contribution in [0.4, 0.5) is 10.5 Å². The third-order valence-electron chi connectivity index (χ3n) is 3.70. The van der Waals surface area contributed by atoms with E-state index in [9.17, 15) is 19.2 Å². The molecule has 23 heavy (non-hydrogen) atoms. The normalized spacial score (nSPS) is 21.5. The molecule has 1 atom stereocenters. The number of carbonyl (C=O) groups excluding carboxylic acids is 4. The molecule has 4 amide bonds. The first-order chi connectivity index (χ1) is 11.1. The molecule has 2 aliphatic rings. The van der Waals surface area contributed by atoms with Crippen molar-refractivity contribution in [2.24, 2.45) is 0 Å². The number of rotatable bonds is 5. The van der Waals surface area contributed by atoms with Gasteiger partial charge in [0.2, 0.25) is 11.8 Å². The van der Waals surface area contributed by atoms with Gasteiger partial charge < -0.3 is 5.32 Å². The monoisotopic (exact) mass is 333 g/mol. The molecule has 8 heteroatoms. The minimum Gasteiger partial charge on any atom is -0.365 e. The van der Waals surface area contributed by atoms with Crippen LogP contribution in [0.5, 0.6) is 0 Å². The number of carbonyl (C=O) groups is 4. The number of imide groups is 2. The molecule has 2 heterocycles. The molecule has 1 N–H and O–H groups in total. The highest BCUT2D eigenvalue weighted by molar-refractivity contribution is 8.15. The van der Waals surface area contributed by atoms with Crippen LogP contribution in [0.25, 0.3) is 0 Å². The molecule has 7 nitrogen and oxygen atoms in total. The van der Waals surface area contributed by atoms with E-state index in [1.807, 2.05) is 30.3 Å². The molecule has 0 unspecified atom stereocenters. The molecule has 0 aromatic heterocycles. The maximum Gasteiger partial charge on any atom is 0.290 e. The van der Waals surface area contributed by atoms with Crippen molar-refractivity contribution in [2.45, 2.75) is 18.2 Å². The smallest absolute Gasteiger partial charge is 0.290 e. The molecule has 2 aliphatic heterocycles. The van der Waals surface area contributed by atoms with Crippen LogP contribution < -0.4 is 5.32 Å². The number of nitrogens with one attached hydrogen (secondary N) is 1. The molecule has 0 radical (unpaired) electrons. The predicted octanol–water partition coefficient (Wildman–Crippen LogP) is 1.27. The number of likely N-dealkylation sites (tertiary alicyclic amines) is 1. The standard InChI is InChI=1S/C15H15N3O4S/c19-11-6-7-12(20)17(11)8-9-18-14(21)13(23-15(18)22)16-10-4-2-1-3-5-10/h1-5,13,16H,6-9H2/t13-/m0/s1. The highest BCUT2D eigenvalue weighted by Gasteiger charge is 2.40. The molecule has 120 valence electrons. The Morgan fingerprint density at radius 3 is 2.22 bits per heavy atom. The van der Waals surface area contributed by atoms with E-state index in [1.54, 1.807) is 0 Å². The van der Waals surface area contributed by atoms with E-state index in [0.29, 0.717) is 0 Å². The number of anilines is 1. The van der Waals surface area contributed by atoms with Gasteiger partial charge in [-0.15, -0.1) is 0 Å². The molecule has 0 aliphatic carbocycles. The van der Waals surface area contributed by atoms with Gasteiger partial charge in [0.1, 0.15) is 0 Å². The van der Waals surface area contributed by atoms with E-state index in [2.05, 4.69) is 5.32 Å². The molecule has 1 aromatic rings. The third kappa shape index (κ3) is 3.21. The molecule has 2 saturated heterocycles. The van der Waals surface area contributed by atoms with Crippen molar-refractivity contribution in [3.8, 4) is 0 Å². The summed E-state index contributed by atoms with van der Waals surface area (Å²) < 4.78 is 0. The fourth-order valence-electron chi connectivity index (χ4n) is 2.50. The van der Waals surface area contributed by atoms with Gasteiger partial charge in [0.05, 0.1) is 0 Å². The van der Waals surface area contributed by atoms with Crippen LogP contribution in [0.1, 0.15) is 12.8 Å². The Kier molecular flexibility index (Phi) is 4.33. The van der Waals surface area contributed by atoms with Crippen molar-refractivity contribution >= 4 is 40.4 Å². The summed E-state index contributed by atoms with van der Waals surface area (Å²) in [5.74, 6) is -0.857. The van der Waals surface area contributed by atoms with Crippen LogP contribution in [0.15, 0.2) is 30.3 Å². The van der Waals surface area contributed by atoms with E-state index in [0.717, 1.165) is 27.2 Å². The third-order valence-corrected chi connectivity index (χ3v) is 4.68. The van der Waals surface area contributed by atoms with Crippen LogP contribution in [-0.4, -0.2) is 51.2 Å². The van der Waals surface area contributed by atoms with Gasteiger partial charge in [0, 0.05) is 31.6 Å². The number of benzene rings is 1. The lowest BCUT2D eigenvalue weighted by atomic mass is 10.3. The predicted molar refractivity (Wildman–Crippen MR) is 84.5 cm³/mol. The highest BCUT2D eigenvalue weighted by atomic mass is 32.2. The summed E-state index contributed by atoms with van der Waals surface area (Å²) in [6.45, 7) is 0.100. The SMILES string of the molecule is O=C1CCC(=O)N1CCN1C(=O)S[C@H](Nc2ccccc2)C1=O. The van der Waals surface area contributed by atoms with Gasteiger partial charge in [0.25, 0.3) is 11.1 Å². The lowest BCUT2D eigenvalue weighted by Crippen LogP contribution is -2.41. The van der Waals surface area contributed by atoms with Crippen LogP contribution in [0.2, 0.25) is 0 Å². The Bertz CT molecular complexity index is 648. The van der Waals surface area contributed by atoms with Crippen LogP contribution >= 0.6 is 11.8 Å². The highest BCUT2D eigenvalue weighted by Crippen LogP contribution is 2.28. The van der Waals surface area contributed by atoms with E-state index in [-0.39, 0.29) is 48.9 Å². The van der Waals surface area contributed by atoms with Crippen molar-refractivity contribution in [1.29, 1.82) is 0 Å². The van der Waals surface area contributed by atoms with Crippen molar-refractivity contribution in [3.63, 3.8) is 0 Å². The van der Waals surface area contributed by atoms with Gasteiger partial charge in [-0.3, -0.25) is 29.0 Å². The number of amides is 4. The first-order valence-corrected chi connectivity index (χ1v) is 8.11. The zero-order valence-electron chi connectivity index (χ0n) is 12.2. The van der Waals surface area contributed by atoms with Gasteiger partial charge >= 0.3 is 0 Å². The Morgan fingerprint density at radius 1 is 0.957 bits per heavy atom. The molecular formula is C15H15N3O4S. The van der Waals surface area contributed by atoms with Gasteiger partial charge in [-0.2, -0.15) is 0 Å². The number of thioether (sulfide) groups is 1. The largest absolute Gasteiger partial charge is 0.365 e. The summed E-state index contributed by atoms with van der Waals surface area (Å²) >= 11 is 0.899. The zero-order valence-corrected chi connectivity index (χ0v) is 13.0. The van der Waals surface area contributed by atoms with Gasteiger partial charge in [-0.25, -0.2) is 0 Å². The van der Waals surface area contributed by atoms with Crippen LogP contribution in [0.3, 0.4) is 0 Å². The first kappa shape index (κ1) is 15.5. The van der Waals surface area contributed by atoms with Crippen molar-refractivity contribution in [3.05, 3.63) is 30.3 Å². The minimum atomic E-state index is -0.685. The fraction of sp³-hybridized carbons (Fsp3) is 0.333. The average Bonchev–Trinajstić information content (AvgIpc) is 2.99. The molecule has 2 fully saturated rings. The molecule has 0 bridgehead atoms. The van der Waals surface area contributed by atoms with Crippen LogP contribution in [0, 0.1) is 0 Å². The van der Waals surface area contributed by atoms with Gasteiger partial charge in [0.15, 0.2) is 5.37 Å². The maximum absolute atomic E-state index is 12.3. The second-order valence-corrected chi connectivity index (χ2v) is 6.26. The topological polar surface area (TPSA) is 86.8 Å². The van der Waals surface area contributed by atoms with Gasteiger partial charge in [-0.05, 0) is 23.9 Å². The summed E-state index contributed by atoms with van der Waals surface area (Å²) in [5, 5.41) is 1.94. The Balaban J connectivity index is 1.60. The van der Waals surface area contributed by atoms with Crippen molar-refractivity contribution in [1.82, 2.24) is 9.80 Å². The van der Waals surface area contributed by atoms with E-state index in [4.69, 9.17) is 0 Å². The summed E-state index contributed by atoms with van der Waals surface area (Å²) in [5.41, 5.74) is 0.748. The average molecular weight is 333 g/mol. The number of nitrogens with zero attached hydrogens (tertiary/aromatic N) is 2. The minimum absolute atomic E-state index is 0.0368. The maximum atomic E-state index is 12.3. The second kappa shape index (κ2) is 6.41. The van der Waals surface area contributed by atoms with Gasteiger partial charge in [-0.1, -0.05) is 18.2 Å². The van der Waals surface area contributed by atoms with Crippen molar-refractivity contribution < 1.29 is 19.2 Å². The second-order valence-electron chi connectivity index (χ2n) is 5.20. The van der Waals surface area contributed by atoms with E-state index < -0.39 is 5.37 Å².